The second kappa shape index (κ2) is 7.83. The molecule has 5 nitrogen and oxygen atoms in total. The highest BCUT2D eigenvalue weighted by Crippen LogP contribution is 2.28. The Kier molecular flexibility index (Phi) is 5.53. The number of halogens is 1. The first-order valence-corrected chi connectivity index (χ1v) is 9.00. The number of amides is 1. The van der Waals surface area contributed by atoms with E-state index in [1.807, 2.05) is 35.2 Å². The van der Waals surface area contributed by atoms with Gasteiger partial charge in [-0.05, 0) is 29.7 Å². The number of nitrogens with zero attached hydrogens (tertiary/aromatic N) is 4. The zero-order valence-corrected chi connectivity index (χ0v) is 15.4. The average molecular weight is 359 g/mol. The molecule has 1 saturated heterocycles. The highest BCUT2D eigenvalue weighted by atomic mass is 35.5. The van der Waals surface area contributed by atoms with Crippen molar-refractivity contribution in [2.24, 2.45) is 5.92 Å². The maximum Gasteiger partial charge on any atom is 0.230 e. The predicted molar refractivity (Wildman–Crippen MR) is 99.9 cm³/mol. The molecule has 2 heterocycles. The monoisotopic (exact) mass is 358 g/mol. The van der Waals surface area contributed by atoms with Crippen LogP contribution >= 0.6 is 11.6 Å². The minimum atomic E-state index is -0.142. The Morgan fingerprint density at radius 1 is 1.04 bits per heavy atom. The van der Waals surface area contributed by atoms with Gasteiger partial charge >= 0.3 is 0 Å². The number of hydrogen-bond acceptors (Lipinski definition) is 4. The molecule has 3 rings (SSSR count). The van der Waals surface area contributed by atoms with Crippen molar-refractivity contribution in [3.63, 3.8) is 0 Å². The van der Waals surface area contributed by atoms with E-state index in [2.05, 4.69) is 28.7 Å². The Balaban J connectivity index is 1.68. The highest BCUT2D eigenvalue weighted by molar-refractivity contribution is 6.30. The molecule has 0 saturated carbocycles. The van der Waals surface area contributed by atoms with E-state index in [0.29, 0.717) is 18.1 Å². The minimum Gasteiger partial charge on any atom is -0.339 e. The fourth-order valence-electron chi connectivity index (χ4n) is 3.26. The van der Waals surface area contributed by atoms with Crippen LogP contribution in [0.15, 0.2) is 42.7 Å². The van der Waals surface area contributed by atoms with E-state index < -0.39 is 0 Å². The van der Waals surface area contributed by atoms with Crippen LogP contribution < -0.4 is 4.90 Å². The summed E-state index contributed by atoms with van der Waals surface area (Å²) in [5, 5.41) is 0.690. The summed E-state index contributed by atoms with van der Waals surface area (Å²) in [6.07, 6.45) is 3.49. The van der Waals surface area contributed by atoms with Crippen LogP contribution in [0.1, 0.15) is 25.3 Å². The second-order valence-corrected chi connectivity index (χ2v) is 7.07. The van der Waals surface area contributed by atoms with Crippen LogP contribution in [0, 0.1) is 5.92 Å². The maximum absolute atomic E-state index is 13.1. The molecular weight excluding hydrogens is 336 g/mol. The third-order valence-electron chi connectivity index (χ3n) is 4.59. The lowest BCUT2D eigenvalue weighted by atomic mass is 9.87. The van der Waals surface area contributed by atoms with E-state index in [-0.39, 0.29) is 17.7 Å². The molecule has 0 aliphatic carbocycles. The summed E-state index contributed by atoms with van der Waals surface area (Å²) in [6.45, 7) is 7.06. The molecule has 0 radical (unpaired) electrons. The summed E-state index contributed by atoms with van der Waals surface area (Å²) in [5.41, 5.74) is 1.03. The number of carbonyl (C=O) groups is 1. The second-order valence-electron chi connectivity index (χ2n) is 6.63. The Morgan fingerprint density at radius 2 is 1.64 bits per heavy atom. The van der Waals surface area contributed by atoms with Gasteiger partial charge in [-0.3, -0.25) is 4.79 Å². The molecule has 0 unspecified atom stereocenters. The SMILES string of the molecule is CC(C)[C@H](C(=O)N1CCN(c2ncccn2)CC1)c1ccc(Cl)cc1. The van der Waals surface area contributed by atoms with Gasteiger partial charge < -0.3 is 9.80 Å². The molecule has 1 aromatic heterocycles. The standard InChI is InChI=1S/C19H23ClN4O/c1-14(2)17(15-4-6-16(20)7-5-15)18(25)23-10-12-24(13-11-23)19-21-8-3-9-22-19/h3-9,14,17H,10-13H2,1-2H3/t17-/m0/s1. The average Bonchev–Trinajstić information content (AvgIpc) is 2.64. The largest absolute Gasteiger partial charge is 0.339 e. The molecular formula is C19H23ClN4O. The van der Waals surface area contributed by atoms with E-state index >= 15 is 0 Å². The predicted octanol–water partition coefficient (Wildman–Crippen LogP) is 3.22. The summed E-state index contributed by atoms with van der Waals surface area (Å²) < 4.78 is 0. The summed E-state index contributed by atoms with van der Waals surface area (Å²) in [7, 11) is 0. The summed E-state index contributed by atoms with van der Waals surface area (Å²) >= 11 is 5.99. The van der Waals surface area contributed by atoms with Crippen LogP contribution in [-0.4, -0.2) is 47.0 Å². The van der Waals surface area contributed by atoms with Crippen molar-refractivity contribution in [1.29, 1.82) is 0 Å². The van der Waals surface area contributed by atoms with Gasteiger partial charge in [-0.25, -0.2) is 9.97 Å². The third-order valence-corrected chi connectivity index (χ3v) is 4.84. The zero-order valence-electron chi connectivity index (χ0n) is 14.6. The third kappa shape index (κ3) is 4.10. The Hall–Kier alpha value is -2.14. The molecule has 1 aromatic carbocycles. The van der Waals surface area contributed by atoms with Crippen molar-refractivity contribution in [3.8, 4) is 0 Å². The maximum atomic E-state index is 13.1. The molecule has 0 spiro atoms. The molecule has 1 aliphatic rings. The number of carbonyl (C=O) groups excluding carboxylic acids is 1. The van der Waals surface area contributed by atoms with Gasteiger partial charge in [0.2, 0.25) is 11.9 Å². The van der Waals surface area contributed by atoms with Gasteiger partial charge in [-0.15, -0.1) is 0 Å². The molecule has 0 bridgehead atoms. The van der Waals surface area contributed by atoms with Crippen molar-refractivity contribution >= 4 is 23.5 Å². The molecule has 0 N–H and O–H groups in total. The molecule has 6 heteroatoms. The van der Waals surface area contributed by atoms with Crippen LogP contribution in [0.2, 0.25) is 5.02 Å². The van der Waals surface area contributed by atoms with Crippen LogP contribution in [0.5, 0.6) is 0 Å². The molecule has 1 aliphatic heterocycles. The van der Waals surface area contributed by atoms with Gasteiger partial charge in [0.1, 0.15) is 0 Å². The Morgan fingerprint density at radius 3 is 2.20 bits per heavy atom. The van der Waals surface area contributed by atoms with Gasteiger partial charge in [0.25, 0.3) is 0 Å². The normalized spacial score (nSPS) is 16.2. The van der Waals surface area contributed by atoms with E-state index in [0.717, 1.165) is 24.6 Å². The molecule has 1 fully saturated rings. The number of aromatic nitrogens is 2. The molecule has 2 aromatic rings. The van der Waals surface area contributed by atoms with E-state index in [4.69, 9.17) is 11.6 Å². The smallest absolute Gasteiger partial charge is 0.230 e. The summed E-state index contributed by atoms with van der Waals surface area (Å²) in [5.74, 6) is 1.000. The Labute approximate surface area is 153 Å². The van der Waals surface area contributed by atoms with Gasteiger partial charge in [-0.2, -0.15) is 0 Å². The highest BCUT2D eigenvalue weighted by Gasteiger charge is 2.31. The van der Waals surface area contributed by atoms with Crippen molar-refractivity contribution in [1.82, 2.24) is 14.9 Å². The topological polar surface area (TPSA) is 49.3 Å². The molecule has 1 atom stereocenters. The van der Waals surface area contributed by atoms with Crippen molar-refractivity contribution in [3.05, 3.63) is 53.3 Å². The van der Waals surface area contributed by atoms with Crippen LogP contribution in [0.3, 0.4) is 0 Å². The van der Waals surface area contributed by atoms with Crippen LogP contribution in [0.25, 0.3) is 0 Å². The fraction of sp³-hybridized carbons (Fsp3) is 0.421. The van der Waals surface area contributed by atoms with Gasteiger partial charge in [0.05, 0.1) is 5.92 Å². The minimum absolute atomic E-state index is 0.142. The quantitative estimate of drug-likeness (QED) is 0.842. The number of benzene rings is 1. The van der Waals surface area contributed by atoms with Gasteiger partial charge in [0.15, 0.2) is 0 Å². The number of rotatable bonds is 4. The first kappa shape index (κ1) is 17.7. The van der Waals surface area contributed by atoms with Crippen LogP contribution in [-0.2, 0) is 4.79 Å². The molecule has 1 amide bonds. The first-order valence-electron chi connectivity index (χ1n) is 8.62. The number of hydrogen-bond donors (Lipinski definition) is 0. The van der Waals surface area contributed by atoms with Crippen molar-refractivity contribution < 1.29 is 4.79 Å². The first-order chi connectivity index (χ1) is 12.1. The van der Waals surface area contributed by atoms with E-state index in [1.54, 1.807) is 12.4 Å². The number of piperazine rings is 1. The lowest BCUT2D eigenvalue weighted by Gasteiger charge is -2.37. The molecule has 132 valence electrons. The zero-order chi connectivity index (χ0) is 17.8. The van der Waals surface area contributed by atoms with Crippen LogP contribution in [0.4, 0.5) is 5.95 Å². The van der Waals surface area contributed by atoms with Gasteiger partial charge in [0, 0.05) is 43.6 Å². The Bertz CT molecular complexity index is 697. The van der Waals surface area contributed by atoms with Gasteiger partial charge in [-0.1, -0.05) is 37.6 Å². The lowest BCUT2D eigenvalue weighted by molar-refractivity contribution is -0.134. The molecule has 25 heavy (non-hydrogen) atoms. The summed E-state index contributed by atoms with van der Waals surface area (Å²) in [4.78, 5) is 25.8. The summed E-state index contributed by atoms with van der Waals surface area (Å²) in [6, 6.07) is 9.43. The number of anilines is 1. The van der Waals surface area contributed by atoms with E-state index in [1.165, 1.54) is 0 Å². The lowest BCUT2D eigenvalue weighted by Crippen LogP contribution is -2.51. The fourth-order valence-corrected chi connectivity index (χ4v) is 3.39. The van der Waals surface area contributed by atoms with E-state index in [9.17, 15) is 4.79 Å². The van der Waals surface area contributed by atoms with Crippen molar-refractivity contribution in [2.75, 3.05) is 31.1 Å². The van der Waals surface area contributed by atoms with Crippen molar-refractivity contribution in [2.45, 2.75) is 19.8 Å².